The van der Waals surface area contributed by atoms with E-state index in [1.165, 1.54) is 25.3 Å². The monoisotopic (exact) mass is 337 g/mol. The number of carboxylic acid groups (broad SMARTS) is 1. The average molecular weight is 338 g/mol. The minimum atomic E-state index is -0.913. The van der Waals surface area contributed by atoms with Gasteiger partial charge in [-0.2, -0.15) is 0 Å². The normalized spacial score (nSPS) is 16.8. The lowest BCUT2D eigenvalue weighted by Gasteiger charge is -2.34. The van der Waals surface area contributed by atoms with Crippen molar-refractivity contribution >= 4 is 33.7 Å². The van der Waals surface area contributed by atoms with Crippen LogP contribution in [-0.4, -0.2) is 24.2 Å². The molecule has 1 heterocycles. The molecule has 0 aromatic heterocycles. The third-order valence-electron chi connectivity index (χ3n) is 3.93. The van der Waals surface area contributed by atoms with Crippen molar-refractivity contribution in [3.8, 4) is 0 Å². The van der Waals surface area contributed by atoms with Crippen LogP contribution in [0.4, 0.5) is 5.69 Å². The fraction of sp³-hybridized carbons (Fsp3) is 0.438. The number of anilines is 1. The molecule has 0 radical (unpaired) electrons. The lowest BCUT2D eigenvalue weighted by molar-refractivity contribution is -0.131. The topological polar surface area (TPSA) is 40.5 Å². The van der Waals surface area contributed by atoms with Crippen molar-refractivity contribution in [3.05, 3.63) is 34.3 Å². The maximum absolute atomic E-state index is 10.7. The molecular weight excluding hydrogens is 318 g/mol. The first kappa shape index (κ1) is 15.1. The molecule has 1 fully saturated rings. The van der Waals surface area contributed by atoms with Crippen molar-refractivity contribution in [2.75, 3.05) is 18.0 Å². The third kappa shape index (κ3) is 3.85. The molecule has 0 unspecified atom stereocenters. The highest BCUT2D eigenvalue weighted by Gasteiger charge is 2.19. The van der Waals surface area contributed by atoms with Crippen molar-refractivity contribution < 1.29 is 9.90 Å². The SMILES string of the molecule is CCC1CCN(c2cc(Br)ccc2C=CC(=O)O)CC1. The molecule has 0 aliphatic carbocycles. The van der Waals surface area contributed by atoms with Crippen LogP contribution in [0.1, 0.15) is 31.7 Å². The molecule has 2 rings (SSSR count). The van der Waals surface area contributed by atoms with Crippen LogP contribution in [0.5, 0.6) is 0 Å². The summed E-state index contributed by atoms with van der Waals surface area (Å²) in [6, 6.07) is 5.99. The summed E-state index contributed by atoms with van der Waals surface area (Å²) in [7, 11) is 0. The molecule has 1 aromatic carbocycles. The fourth-order valence-electron chi connectivity index (χ4n) is 2.67. The fourth-order valence-corrected chi connectivity index (χ4v) is 3.02. The van der Waals surface area contributed by atoms with E-state index in [4.69, 9.17) is 5.11 Å². The van der Waals surface area contributed by atoms with E-state index in [0.29, 0.717) is 0 Å². The summed E-state index contributed by atoms with van der Waals surface area (Å²) in [5.74, 6) is -0.0834. The molecule has 20 heavy (non-hydrogen) atoms. The number of nitrogens with zero attached hydrogens (tertiary/aromatic N) is 1. The Hall–Kier alpha value is -1.29. The van der Waals surface area contributed by atoms with Gasteiger partial charge in [-0.15, -0.1) is 0 Å². The molecule has 1 saturated heterocycles. The summed E-state index contributed by atoms with van der Waals surface area (Å²) in [5, 5.41) is 8.79. The van der Waals surface area contributed by atoms with Crippen LogP contribution in [0, 0.1) is 5.92 Å². The smallest absolute Gasteiger partial charge is 0.328 e. The van der Waals surface area contributed by atoms with Crippen molar-refractivity contribution in [1.29, 1.82) is 0 Å². The van der Waals surface area contributed by atoms with Gasteiger partial charge in [-0.3, -0.25) is 0 Å². The van der Waals surface area contributed by atoms with E-state index in [-0.39, 0.29) is 0 Å². The molecular formula is C16H20BrNO2. The first-order chi connectivity index (χ1) is 9.60. The molecule has 3 nitrogen and oxygen atoms in total. The van der Waals surface area contributed by atoms with Gasteiger partial charge in [0.05, 0.1) is 0 Å². The van der Waals surface area contributed by atoms with Crippen LogP contribution in [0.15, 0.2) is 28.7 Å². The summed E-state index contributed by atoms with van der Waals surface area (Å²) in [6.45, 7) is 4.34. The predicted octanol–water partition coefficient (Wildman–Crippen LogP) is 4.17. The Morgan fingerprint density at radius 1 is 1.45 bits per heavy atom. The number of hydrogen-bond acceptors (Lipinski definition) is 2. The number of halogens is 1. The Kier molecular flexibility index (Phi) is 5.24. The Morgan fingerprint density at radius 2 is 2.15 bits per heavy atom. The highest BCUT2D eigenvalue weighted by molar-refractivity contribution is 9.10. The van der Waals surface area contributed by atoms with Crippen molar-refractivity contribution in [2.45, 2.75) is 26.2 Å². The number of rotatable bonds is 4. The van der Waals surface area contributed by atoms with Crippen molar-refractivity contribution in [2.24, 2.45) is 5.92 Å². The van der Waals surface area contributed by atoms with Crippen LogP contribution in [-0.2, 0) is 4.79 Å². The highest BCUT2D eigenvalue weighted by Crippen LogP contribution is 2.30. The lowest BCUT2D eigenvalue weighted by atomic mass is 9.93. The maximum atomic E-state index is 10.7. The van der Waals surface area contributed by atoms with E-state index in [1.807, 2.05) is 12.1 Å². The minimum absolute atomic E-state index is 0.830. The zero-order valence-corrected chi connectivity index (χ0v) is 13.3. The quantitative estimate of drug-likeness (QED) is 0.838. The van der Waals surface area contributed by atoms with Crippen LogP contribution in [0.3, 0.4) is 0 Å². The van der Waals surface area contributed by atoms with Gasteiger partial charge in [-0.25, -0.2) is 4.79 Å². The highest BCUT2D eigenvalue weighted by atomic mass is 79.9. The molecule has 1 aliphatic heterocycles. The Bertz CT molecular complexity index is 505. The molecule has 1 N–H and O–H groups in total. The molecule has 0 amide bonds. The van der Waals surface area contributed by atoms with Gasteiger partial charge in [0.1, 0.15) is 0 Å². The second-order valence-corrected chi connectivity index (χ2v) is 6.13. The summed E-state index contributed by atoms with van der Waals surface area (Å²) in [4.78, 5) is 13.1. The first-order valence-electron chi connectivity index (χ1n) is 7.05. The number of aliphatic carboxylic acids is 1. The largest absolute Gasteiger partial charge is 0.478 e. The van der Waals surface area contributed by atoms with Gasteiger partial charge in [-0.1, -0.05) is 35.3 Å². The molecule has 0 saturated carbocycles. The molecule has 108 valence electrons. The van der Waals surface area contributed by atoms with E-state index in [0.717, 1.165) is 34.7 Å². The third-order valence-corrected chi connectivity index (χ3v) is 4.42. The van der Waals surface area contributed by atoms with E-state index in [2.05, 4.69) is 33.8 Å². The second-order valence-electron chi connectivity index (χ2n) is 5.21. The number of hydrogen-bond donors (Lipinski definition) is 1. The number of carboxylic acids is 1. The van der Waals surface area contributed by atoms with Gasteiger partial charge in [0.25, 0.3) is 0 Å². The number of carbonyl (C=O) groups is 1. The zero-order chi connectivity index (χ0) is 14.5. The second kappa shape index (κ2) is 6.93. The van der Waals surface area contributed by atoms with E-state index < -0.39 is 5.97 Å². The molecule has 1 aromatic rings. The Balaban J connectivity index is 2.21. The van der Waals surface area contributed by atoms with Crippen LogP contribution < -0.4 is 4.90 Å². The van der Waals surface area contributed by atoms with Gasteiger partial charge in [0, 0.05) is 29.3 Å². The van der Waals surface area contributed by atoms with Gasteiger partial charge < -0.3 is 10.0 Å². The van der Waals surface area contributed by atoms with Crippen LogP contribution in [0.2, 0.25) is 0 Å². The zero-order valence-electron chi connectivity index (χ0n) is 11.7. The van der Waals surface area contributed by atoms with Gasteiger partial charge in [0.15, 0.2) is 0 Å². The van der Waals surface area contributed by atoms with E-state index >= 15 is 0 Å². The molecule has 0 spiro atoms. The predicted molar refractivity (Wildman–Crippen MR) is 86.0 cm³/mol. The van der Waals surface area contributed by atoms with Crippen LogP contribution >= 0.6 is 15.9 Å². The summed E-state index contributed by atoms with van der Waals surface area (Å²) < 4.78 is 1.03. The van der Waals surface area contributed by atoms with Gasteiger partial charge in [-0.05, 0) is 42.5 Å². The van der Waals surface area contributed by atoms with Gasteiger partial charge >= 0.3 is 5.97 Å². The van der Waals surface area contributed by atoms with E-state index in [9.17, 15) is 4.79 Å². The summed E-state index contributed by atoms with van der Waals surface area (Å²) >= 11 is 3.50. The molecule has 4 heteroatoms. The standard InChI is InChI=1S/C16H20BrNO2/c1-2-12-7-9-18(10-8-12)15-11-14(17)5-3-13(15)4-6-16(19)20/h3-6,11-12H,2,7-10H2,1H3,(H,19,20). The Labute approximate surface area is 128 Å². The van der Waals surface area contributed by atoms with Crippen molar-refractivity contribution in [1.82, 2.24) is 0 Å². The number of piperidine rings is 1. The maximum Gasteiger partial charge on any atom is 0.328 e. The van der Waals surface area contributed by atoms with Crippen molar-refractivity contribution in [3.63, 3.8) is 0 Å². The van der Waals surface area contributed by atoms with Gasteiger partial charge in [0.2, 0.25) is 0 Å². The summed E-state index contributed by atoms with van der Waals surface area (Å²) in [5.41, 5.74) is 2.08. The summed E-state index contributed by atoms with van der Waals surface area (Å²) in [6.07, 6.45) is 6.55. The molecule has 0 bridgehead atoms. The molecule has 0 atom stereocenters. The molecule has 1 aliphatic rings. The lowest BCUT2D eigenvalue weighted by Crippen LogP contribution is -2.33. The van der Waals surface area contributed by atoms with Crippen LogP contribution in [0.25, 0.3) is 6.08 Å². The van der Waals surface area contributed by atoms with E-state index in [1.54, 1.807) is 6.08 Å². The average Bonchev–Trinajstić information content (AvgIpc) is 2.46. The first-order valence-corrected chi connectivity index (χ1v) is 7.85. The minimum Gasteiger partial charge on any atom is -0.478 e. The number of benzene rings is 1. The Morgan fingerprint density at radius 3 is 2.75 bits per heavy atom.